The molecule has 3 heterocycles. The van der Waals surface area contributed by atoms with Crippen molar-refractivity contribution in [3.63, 3.8) is 0 Å². The Balaban J connectivity index is 1.26. The molecule has 1 aliphatic heterocycles. The molecule has 0 radical (unpaired) electrons. The maximum absolute atomic E-state index is 13.1. The Hall–Kier alpha value is -4.87. The molecular weight excluding hydrogens is 605 g/mol. The molecular formula is C34H28N6O3S2. The van der Waals surface area contributed by atoms with Crippen molar-refractivity contribution in [2.45, 2.75) is 16.7 Å². The van der Waals surface area contributed by atoms with Crippen LogP contribution in [-0.2, 0) is 4.79 Å². The first-order valence-corrected chi connectivity index (χ1v) is 16.5. The van der Waals surface area contributed by atoms with Crippen LogP contribution in [0.1, 0.15) is 6.42 Å². The number of hydrogen-bond acceptors (Lipinski definition) is 9. The third kappa shape index (κ3) is 6.22. The van der Waals surface area contributed by atoms with Gasteiger partial charge in [0.25, 0.3) is 0 Å². The van der Waals surface area contributed by atoms with E-state index in [4.69, 9.17) is 9.47 Å². The fourth-order valence-electron chi connectivity index (χ4n) is 4.99. The van der Waals surface area contributed by atoms with Crippen molar-refractivity contribution in [3.8, 4) is 45.6 Å². The van der Waals surface area contributed by atoms with Crippen molar-refractivity contribution in [2.75, 3.05) is 24.7 Å². The minimum Gasteiger partial charge on any atom is -0.485 e. The molecule has 0 aliphatic carbocycles. The summed E-state index contributed by atoms with van der Waals surface area (Å²) in [4.78, 5) is 13.1. The zero-order chi connectivity index (χ0) is 30.4. The largest absolute Gasteiger partial charge is 0.485 e. The number of carbonyl (C=O) groups is 1. The molecule has 11 heteroatoms. The van der Waals surface area contributed by atoms with Crippen LogP contribution in [0.2, 0.25) is 0 Å². The molecule has 7 rings (SSSR count). The Kier molecular flexibility index (Phi) is 8.61. The zero-order valence-electron chi connectivity index (χ0n) is 24.2. The van der Waals surface area contributed by atoms with Crippen molar-refractivity contribution in [3.05, 3.63) is 109 Å². The van der Waals surface area contributed by atoms with E-state index in [9.17, 15) is 4.79 Å². The smallest absolute Gasteiger partial charge is 0.207 e. The van der Waals surface area contributed by atoms with Crippen LogP contribution in [0, 0.1) is 0 Å². The number of hydrogen-bond donors (Lipinski definition) is 0. The maximum atomic E-state index is 13.1. The first kappa shape index (κ1) is 28.9. The second-order valence-corrected chi connectivity index (χ2v) is 12.2. The molecule has 0 saturated heterocycles. The highest BCUT2D eigenvalue weighted by Crippen LogP contribution is 2.36. The number of thioether (sulfide) groups is 2. The van der Waals surface area contributed by atoms with Gasteiger partial charge >= 0.3 is 0 Å². The Labute approximate surface area is 268 Å². The number of rotatable bonds is 2. The molecule has 0 spiro atoms. The molecule has 0 N–H and O–H groups in total. The second-order valence-electron chi connectivity index (χ2n) is 10.1. The van der Waals surface area contributed by atoms with Gasteiger partial charge in [0.15, 0.2) is 35.2 Å². The second kappa shape index (κ2) is 13.4. The predicted octanol–water partition coefficient (Wildman–Crippen LogP) is 6.80. The highest BCUT2D eigenvalue weighted by atomic mass is 32.2. The quantitative estimate of drug-likeness (QED) is 0.204. The number of carbonyl (C=O) groups excluding carboxylic acids is 1. The SMILES string of the molecule is O=C1COc2ccccc2-c2nnc(n2-c2ccccc2)SCCCSc2nnc(n2-c2ccccc2)-c2ccccc2OC1. The maximum Gasteiger partial charge on any atom is 0.207 e. The molecule has 2 aromatic heterocycles. The molecule has 0 fully saturated rings. The van der Waals surface area contributed by atoms with Crippen LogP contribution in [-0.4, -0.2) is 60.0 Å². The van der Waals surface area contributed by atoms with E-state index in [0.717, 1.165) is 50.7 Å². The van der Waals surface area contributed by atoms with Gasteiger partial charge in [-0.05, 0) is 55.0 Å². The molecule has 0 atom stereocenters. The number of aromatic nitrogens is 6. The van der Waals surface area contributed by atoms with Crippen LogP contribution in [0.3, 0.4) is 0 Å². The summed E-state index contributed by atoms with van der Waals surface area (Å²) in [7, 11) is 0. The van der Waals surface area contributed by atoms with Gasteiger partial charge in [0.05, 0.1) is 11.1 Å². The summed E-state index contributed by atoms with van der Waals surface area (Å²) in [5.74, 6) is 3.81. The summed E-state index contributed by atoms with van der Waals surface area (Å²) in [6, 6.07) is 35.2. The lowest BCUT2D eigenvalue weighted by atomic mass is 10.1. The van der Waals surface area contributed by atoms with Gasteiger partial charge in [-0.1, -0.05) is 84.2 Å². The third-order valence-electron chi connectivity index (χ3n) is 7.08. The minimum atomic E-state index is -0.212. The van der Waals surface area contributed by atoms with Crippen LogP contribution >= 0.6 is 23.5 Å². The zero-order valence-corrected chi connectivity index (χ0v) is 25.8. The van der Waals surface area contributed by atoms with Gasteiger partial charge in [-0.25, -0.2) is 0 Å². The van der Waals surface area contributed by atoms with Gasteiger partial charge in [-0.15, -0.1) is 20.4 Å². The minimum absolute atomic E-state index is 0.165. The molecule has 4 aromatic carbocycles. The fourth-order valence-corrected chi connectivity index (χ4v) is 6.96. The number of Topliss-reactive ketones (excluding diaryl/α,β-unsaturated/α-hetero) is 1. The van der Waals surface area contributed by atoms with Crippen molar-refractivity contribution < 1.29 is 14.3 Å². The summed E-state index contributed by atoms with van der Waals surface area (Å²) < 4.78 is 16.2. The summed E-state index contributed by atoms with van der Waals surface area (Å²) >= 11 is 3.30. The van der Waals surface area contributed by atoms with Crippen LogP contribution in [0.5, 0.6) is 11.5 Å². The van der Waals surface area contributed by atoms with Crippen molar-refractivity contribution in [2.24, 2.45) is 0 Å². The average molecular weight is 633 g/mol. The summed E-state index contributed by atoms with van der Waals surface area (Å²) in [5, 5.41) is 19.9. The molecule has 1 aliphatic rings. The topological polar surface area (TPSA) is 97.0 Å². The Morgan fingerprint density at radius 3 is 1.42 bits per heavy atom. The van der Waals surface area contributed by atoms with Gasteiger partial charge in [-0.3, -0.25) is 13.9 Å². The number of para-hydroxylation sites is 4. The number of benzene rings is 4. The highest BCUT2D eigenvalue weighted by Gasteiger charge is 2.22. The summed E-state index contributed by atoms with van der Waals surface area (Å²) in [5.41, 5.74) is 3.38. The monoisotopic (exact) mass is 632 g/mol. The summed E-state index contributed by atoms with van der Waals surface area (Å²) in [6.07, 6.45) is 0.908. The lowest BCUT2D eigenvalue weighted by Gasteiger charge is -2.15. The van der Waals surface area contributed by atoms with Gasteiger partial charge in [0.1, 0.15) is 11.5 Å². The van der Waals surface area contributed by atoms with E-state index in [0.29, 0.717) is 23.1 Å². The van der Waals surface area contributed by atoms with Gasteiger partial charge in [0, 0.05) is 22.9 Å². The van der Waals surface area contributed by atoms with E-state index in [1.165, 1.54) is 0 Å². The van der Waals surface area contributed by atoms with E-state index in [1.807, 2.05) is 118 Å². The average Bonchev–Trinajstić information content (AvgIpc) is 3.71. The van der Waals surface area contributed by atoms with Crippen molar-refractivity contribution in [1.82, 2.24) is 29.5 Å². The Bertz CT molecular complexity index is 1790. The van der Waals surface area contributed by atoms with Gasteiger partial charge in [0.2, 0.25) is 5.78 Å². The Morgan fingerprint density at radius 2 is 0.956 bits per heavy atom. The first-order chi connectivity index (χ1) is 22.3. The van der Waals surface area contributed by atoms with Crippen LogP contribution in [0.25, 0.3) is 34.2 Å². The summed E-state index contributed by atoms with van der Waals surface area (Å²) in [6.45, 7) is -0.331. The van der Waals surface area contributed by atoms with E-state index in [1.54, 1.807) is 23.5 Å². The molecule has 6 aromatic rings. The Morgan fingerprint density at radius 1 is 0.533 bits per heavy atom. The van der Waals surface area contributed by atoms with E-state index in [2.05, 4.69) is 20.4 Å². The number of fused-ring (bicyclic) bond motifs is 8. The highest BCUT2D eigenvalue weighted by molar-refractivity contribution is 8.00. The van der Waals surface area contributed by atoms with Gasteiger partial charge in [-0.2, -0.15) is 0 Å². The van der Waals surface area contributed by atoms with E-state index < -0.39 is 0 Å². The first-order valence-electron chi connectivity index (χ1n) is 14.5. The number of ketones is 1. The van der Waals surface area contributed by atoms with Gasteiger partial charge < -0.3 is 9.47 Å². The number of nitrogens with zero attached hydrogens (tertiary/aromatic N) is 6. The lowest BCUT2D eigenvalue weighted by Crippen LogP contribution is -2.19. The van der Waals surface area contributed by atoms with E-state index in [-0.39, 0.29) is 19.0 Å². The van der Waals surface area contributed by atoms with Crippen LogP contribution < -0.4 is 9.47 Å². The molecule has 45 heavy (non-hydrogen) atoms. The normalized spacial score (nSPS) is 14.0. The van der Waals surface area contributed by atoms with Crippen molar-refractivity contribution >= 4 is 29.3 Å². The third-order valence-corrected chi connectivity index (χ3v) is 9.11. The van der Waals surface area contributed by atoms with Crippen LogP contribution in [0.15, 0.2) is 120 Å². The van der Waals surface area contributed by atoms with E-state index >= 15 is 0 Å². The van der Waals surface area contributed by atoms with Crippen LogP contribution in [0.4, 0.5) is 0 Å². The molecule has 224 valence electrons. The predicted molar refractivity (Wildman–Crippen MR) is 176 cm³/mol. The number of ether oxygens (including phenoxy) is 2. The molecule has 4 bridgehead atoms. The molecule has 0 unspecified atom stereocenters. The molecule has 0 amide bonds. The molecule has 9 nitrogen and oxygen atoms in total. The molecule has 0 saturated carbocycles. The van der Waals surface area contributed by atoms with Crippen molar-refractivity contribution in [1.29, 1.82) is 0 Å². The fraction of sp³-hybridized carbons (Fsp3) is 0.147. The standard InChI is InChI=1S/C34H28N6O3S2/c41-26-22-42-29-18-9-7-16-27(29)31-35-37-33(39(31)24-12-3-1-4-13-24)44-20-11-21-45-34-38-36-32(40(34)25-14-5-2-6-15-25)28-17-8-10-19-30(28)43-23-26/h1-10,12-19H,11,20-23H2. The lowest BCUT2D eigenvalue weighted by molar-refractivity contribution is -0.123.